The van der Waals surface area contributed by atoms with Crippen LogP contribution in [-0.2, 0) is 0 Å². The van der Waals surface area contributed by atoms with Crippen molar-refractivity contribution < 1.29 is 0 Å². The molecule has 0 saturated carbocycles. The SMILES string of the molecule is c1cc(Nc2cccc(-c3nccs3)c2)cc(-c2nccs2)c1. The number of nitrogens with zero attached hydrogens (tertiary/aromatic N) is 2. The van der Waals surface area contributed by atoms with Crippen molar-refractivity contribution in [2.75, 3.05) is 5.32 Å². The van der Waals surface area contributed by atoms with Gasteiger partial charge in [0, 0.05) is 45.7 Å². The third-order valence-corrected chi connectivity index (χ3v) is 5.02. The van der Waals surface area contributed by atoms with Gasteiger partial charge in [0.05, 0.1) is 0 Å². The van der Waals surface area contributed by atoms with Crippen molar-refractivity contribution in [3.05, 3.63) is 71.7 Å². The van der Waals surface area contributed by atoms with E-state index in [0.717, 1.165) is 32.5 Å². The average Bonchev–Trinajstić information content (AvgIpc) is 3.29. The monoisotopic (exact) mass is 335 g/mol. The quantitative estimate of drug-likeness (QED) is 0.521. The summed E-state index contributed by atoms with van der Waals surface area (Å²) in [7, 11) is 0. The highest BCUT2D eigenvalue weighted by atomic mass is 32.1. The molecule has 0 radical (unpaired) electrons. The van der Waals surface area contributed by atoms with E-state index < -0.39 is 0 Å². The van der Waals surface area contributed by atoms with Gasteiger partial charge in [0.2, 0.25) is 0 Å². The summed E-state index contributed by atoms with van der Waals surface area (Å²) >= 11 is 3.29. The van der Waals surface area contributed by atoms with Gasteiger partial charge in [0.1, 0.15) is 10.0 Å². The van der Waals surface area contributed by atoms with Crippen molar-refractivity contribution in [1.29, 1.82) is 0 Å². The zero-order valence-electron chi connectivity index (χ0n) is 12.1. The highest BCUT2D eigenvalue weighted by Crippen LogP contribution is 2.28. The van der Waals surface area contributed by atoms with Crippen LogP contribution in [0.5, 0.6) is 0 Å². The van der Waals surface area contributed by atoms with E-state index in [-0.39, 0.29) is 0 Å². The summed E-state index contributed by atoms with van der Waals surface area (Å²) in [5, 5.41) is 9.51. The Kier molecular flexibility index (Phi) is 3.88. The van der Waals surface area contributed by atoms with Crippen LogP contribution in [0.1, 0.15) is 0 Å². The van der Waals surface area contributed by atoms with E-state index in [1.165, 1.54) is 0 Å². The van der Waals surface area contributed by atoms with Crippen LogP contribution in [0.2, 0.25) is 0 Å². The van der Waals surface area contributed by atoms with Gasteiger partial charge >= 0.3 is 0 Å². The number of nitrogens with one attached hydrogen (secondary N) is 1. The highest BCUT2D eigenvalue weighted by Gasteiger charge is 2.04. The van der Waals surface area contributed by atoms with Crippen LogP contribution >= 0.6 is 22.7 Å². The van der Waals surface area contributed by atoms with E-state index in [1.807, 2.05) is 35.3 Å². The molecule has 0 saturated heterocycles. The molecular weight excluding hydrogens is 322 g/mol. The fourth-order valence-corrected chi connectivity index (χ4v) is 3.63. The summed E-state index contributed by atoms with van der Waals surface area (Å²) in [5.74, 6) is 0. The zero-order chi connectivity index (χ0) is 15.5. The maximum Gasteiger partial charge on any atom is 0.123 e. The minimum absolute atomic E-state index is 1.03. The van der Waals surface area contributed by atoms with Gasteiger partial charge in [0.25, 0.3) is 0 Å². The van der Waals surface area contributed by atoms with Crippen molar-refractivity contribution in [2.45, 2.75) is 0 Å². The molecule has 0 bridgehead atoms. The Bertz CT molecular complexity index is 824. The second-order valence-electron chi connectivity index (χ2n) is 4.96. The number of hydrogen-bond acceptors (Lipinski definition) is 5. The summed E-state index contributed by atoms with van der Waals surface area (Å²) in [6, 6.07) is 16.6. The molecule has 4 rings (SSSR count). The Morgan fingerprint density at radius 1 is 0.696 bits per heavy atom. The largest absolute Gasteiger partial charge is 0.355 e. The molecule has 2 heterocycles. The predicted octanol–water partition coefficient (Wildman–Crippen LogP) is 5.68. The molecule has 0 aliphatic rings. The molecule has 2 aromatic carbocycles. The molecule has 4 aromatic rings. The highest BCUT2D eigenvalue weighted by molar-refractivity contribution is 7.13. The fraction of sp³-hybridized carbons (Fsp3) is 0. The van der Waals surface area contributed by atoms with Crippen LogP contribution in [0.25, 0.3) is 21.1 Å². The standard InChI is InChI=1S/C18H13N3S2/c1-3-13(17-19-7-9-22-17)11-15(5-1)21-16-6-2-4-14(12-16)18-20-8-10-23-18/h1-12,21H. The van der Waals surface area contributed by atoms with Gasteiger partial charge in [-0.2, -0.15) is 0 Å². The van der Waals surface area contributed by atoms with Crippen LogP contribution in [-0.4, -0.2) is 9.97 Å². The van der Waals surface area contributed by atoms with Crippen LogP contribution < -0.4 is 5.32 Å². The lowest BCUT2D eigenvalue weighted by atomic mass is 10.1. The molecule has 0 aliphatic carbocycles. The Morgan fingerprint density at radius 2 is 1.22 bits per heavy atom. The fourth-order valence-electron chi connectivity index (χ4n) is 2.36. The predicted molar refractivity (Wildman–Crippen MR) is 98.4 cm³/mol. The zero-order valence-corrected chi connectivity index (χ0v) is 13.8. The maximum absolute atomic E-state index is 4.37. The van der Waals surface area contributed by atoms with Gasteiger partial charge in [0.15, 0.2) is 0 Å². The maximum atomic E-state index is 4.37. The van der Waals surface area contributed by atoms with Gasteiger partial charge in [-0.25, -0.2) is 9.97 Å². The number of aromatic nitrogens is 2. The van der Waals surface area contributed by atoms with E-state index >= 15 is 0 Å². The molecule has 0 atom stereocenters. The van der Waals surface area contributed by atoms with E-state index in [9.17, 15) is 0 Å². The molecular formula is C18H13N3S2. The Labute approximate surface area is 142 Å². The number of benzene rings is 2. The van der Waals surface area contributed by atoms with Crippen LogP contribution in [0, 0.1) is 0 Å². The summed E-state index contributed by atoms with van der Waals surface area (Å²) in [4.78, 5) is 8.73. The lowest BCUT2D eigenvalue weighted by Crippen LogP contribution is -1.91. The Hall–Kier alpha value is -2.50. The summed E-state index contributed by atoms with van der Waals surface area (Å²) < 4.78 is 0. The Balaban J connectivity index is 1.61. The van der Waals surface area contributed by atoms with Gasteiger partial charge in [-0.05, 0) is 24.3 Å². The van der Waals surface area contributed by atoms with Crippen LogP contribution in [0.3, 0.4) is 0 Å². The lowest BCUT2D eigenvalue weighted by Gasteiger charge is -2.09. The third-order valence-electron chi connectivity index (χ3n) is 3.37. The molecule has 1 N–H and O–H groups in total. The molecule has 0 amide bonds. The number of rotatable bonds is 4. The Morgan fingerprint density at radius 3 is 1.65 bits per heavy atom. The average molecular weight is 335 g/mol. The topological polar surface area (TPSA) is 37.8 Å². The van der Waals surface area contributed by atoms with Gasteiger partial charge < -0.3 is 5.32 Å². The van der Waals surface area contributed by atoms with E-state index in [1.54, 1.807) is 22.7 Å². The van der Waals surface area contributed by atoms with Crippen molar-refractivity contribution in [2.24, 2.45) is 0 Å². The van der Waals surface area contributed by atoms with Gasteiger partial charge in [-0.3, -0.25) is 0 Å². The van der Waals surface area contributed by atoms with E-state index in [2.05, 4.69) is 51.7 Å². The molecule has 2 aromatic heterocycles. The first-order valence-corrected chi connectivity index (χ1v) is 8.91. The molecule has 23 heavy (non-hydrogen) atoms. The second kappa shape index (κ2) is 6.32. The first-order chi connectivity index (χ1) is 11.4. The number of thiazole rings is 2. The first-order valence-electron chi connectivity index (χ1n) is 7.15. The molecule has 3 nitrogen and oxygen atoms in total. The van der Waals surface area contributed by atoms with Gasteiger partial charge in [-0.1, -0.05) is 24.3 Å². The van der Waals surface area contributed by atoms with Crippen molar-refractivity contribution >= 4 is 34.0 Å². The smallest absolute Gasteiger partial charge is 0.123 e. The molecule has 0 aliphatic heterocycles. The normalized spacial score (nSPS) is 10.6. The molecule has 0 unspecified atom stereocenters. The summed E-state index contributed by atoms with van der Waals surface area (Å²) in [5.41, 5.74) is 4.35. The minimum atomic E-state index is 1.03. The molecule has 0 fully saturated rings. The molecule has 5 heteroatoms. The summed E-state index contributed by atoms with van der Waals surface area (Å²) in [6.45, 7) is 0. The molecule has 0 spiro atoms. The minimum Gasteiger partial charge on any atom is -0.355 e. The second-order valence-corrected chi connectivity index (χ2v) is 6.75. The van der Waals surface area contributed by atoms with Crippen LogP contribution in [0.4, 0.5) is 11.4 Å². The third kappa shape index (κ3) is 3.16. The van der Waals surface area contributed by atoms with Crippen molar-refractivity contribution in [1.82, 2.24) is 9.97 Å². The van der Waals surface area contributed by atoms with Crippen molar-refractivity contribution in [3.63, 3.8) is 0 Å². The van der Waals surface area contributed by atoms with Crippen molar-refractivity contribution in [3.8, 4) is 21.1 Å². The lowest BCUT2D eigenvalue weighted by molar-refractivity contribution is 1.41. The first kappa shape index (κ1) is 14.1. The molecule has 112 valence electrons. The van der Waals surface area contributed by atoms with E-state index in [4.69, 9.17) is 0 Å². The summed E-state index contributed by atoms with van der Waals surface area (Å²) in [6.07, 6.45) is 3.66. The van der Waals surface area contributed by atoms with E-state index in [0.29, 0.717) is 0 Å². The number of hydrogen-bond donors (Lipinski definition) is 1. The van der Waals surface area contributed by atoms with Gasteiger partial charge in [-0.15, -0.1) is 22.7 Å². The van der Waals surface area contributed by atoms with Crippen LogP contribution in [0.15, 0.2) is 71.7 Å². The number of anilines is 2.